The van der Waals surface area contributed by atoms with Crippen LogP contribution in [0.4, 0.5) is 10.1 Å². The van der Waals surface area contributed by atoms with Crippen molar-refractivity contribution in [1.29, 1.82) is 0 Å². The summed E-state index contributed by atoms with van der Waals surface area (Å²) in [7, 11) is 0. The molecule has 0 spiro atoms. The van der Waals surface area contributed by atoms with Gasteiger partial charge in [-0.25, -0.2) is 4.98 Å². The maximum atomic E-state index is 11.5. The number of rotatable bonds is 5. The molecule has 26 heavy (non-hydrogen) atoms. The van der Waals surface area contributed by atoms with Gasteiger partial charge in [-0.05, 0) is 19.4 Å². The Morgan fingerprint density at radius 3 is 2.27 bits per heavy atom. The molecule has 0 bridgehead atoms. The molecule has 1 aromatic heterocycles. The highest BCUT2D eigenvalue weighted by molar-refractivity contribution is 7.20. The molecule has 0 aliphatic heterocycles. The van der Waals surface area contributed by atoms with E-state index in [1.807, 2.05) is 62.4 Å². The molecule has 0 saturated heterocycles. The van der Waals surface area contributed by atoms with Crippen molar-refractivity contribution in [3.8, 4) is 11.3 Å². The lowest BCUT2D eigenvalue weighted by Gasteiger charge is -2.02. The van der Waals surface area contributed by atoms with Gasteiger partial charge in [-0.1, -0.05) is 71.0 Å². The summed E-state index contributed by atoms with van der Waals surface area (Å²) in [5.41, 5.74) is 8.01. The van der Waals surface area contributed by atoms with Gasteiger partial charge >= 0.3 is 0 Å². The van der Waals surface area contributed by atoms with Crippen LogP contribution in [-0.2, 0) is 4.79 Å². The molecule has 0 aliphatic carbocycles. The maximum Gasteiger partial charge on any atom is 0.221 e. The molecule has 6 heteroatoms. The molecule has 1 heterocycles. The van der Waals surface area contributed by atoms with Crippen LogP contribution in [0.15, 0.2) is 53.6 Å². The van der Waals surface area contributed by atoms with Crippen molar-refractivity contribution in [1.82, 2.24) is 4.98 Å². The fourth-order valence-corrected chi connectivity index (χ4v) is 3.22. The number of carbonyl (C=O) groups excluding carboxylic acids is 1. The molecule has 0 aliphatic rings. The van der Waals surface area contributed by atoms with Crippen LogP contribution in [0.25, 0.3) is 11.3 Å². The second-order valence-electron chi connectivity index (χ2n) is 6.02. The summed E-state index contributed by atoms with van der Waals surface area (Å²) in [6, 6.07) is 16.1. The number of nitrogens with one attached hydrogen (secondary N) is 2. The Balaban J connectivity index is 1.82. The minimum Gasteiger partial charge on any atom is -0.316 e. The Kier molecular flexibility index (Phi) is 5.43. The summed E-state index contributed by atoms with van der Waals surface area (Å²) in [5.74, 6) is -0.128. The number of benzene rings is 2. The van der Waals surface area contributed by atoms with Gasteiger partial charge in [0.2, 0.25) is 11.0 Å². The molecule has 132 valence electrons. The van der Waals surface area contributed by atoms with Crippen LogP contribution in [0.3, 0.4) is 0 Å². The molecule has 2 aromatic carbocycles. The van der Waals surface area contributed by atoms with E-state index in [0.29, 0.717) is 10.1 Å². The molecular weight excluding hydrogens is 344 g/mol. The Morgan fingerprint density at radius 2 is 1.65 bits per heavy atom. The zero-order chi connectivity index (χ0) is 18.5. The lowest BCUT2D eigenvalue weighted by atomic mass is 10.1. The number of hydrazone groups is 1. The lowest BCUT2D eigenvalue weighted by Crippen LogP contribution is -2.05. The van der Waals surface area contributed by atoms with Crippen molar-refractivity contribution in [2.45, 2.75) is 20.8 Å². The summed E-state index contributed by atoms with van der Waals surface area (Å²) in [6.45, 7) is 5.57. The van der Waals surface area contributed by atoms with Crippen molar-refractivity contribution < 1.29 is 4.79 Å². The van der Waals surface area contributed by atoms with Crippen LogP contribution in [0.1, 0.15) is 23.6 Å². The quantitative estimate of drug-likeness (QED) is 0.503. The van der Waals surface area contributed by atoms with Crippen LogP contribution in [0, 0.1) is 13.8 Å². The first-order valence-electron chi connectivity index (χ1n) is 8.22. The van der Waals surface area contributed by atoms with E-state index in [4.69, 9.17) is 0 Å². The van der Waals surface area contributed by atoms with Gasteiger partial charge in [-0.2, -0.15) is 5.10 Å². The highest BCUT2D eigenvalue weighted by Gasteiger charge is 2.14. The summed E-state index contributed by atoms with van der Waals surface area (Å²) in [5, 5.41) is 8.41. The van der Waals surface area contributed by atoms with Crippen LogP contribution in [0.5, 0.6) is 0 Å². The standard InChI is InChI=1S/C20H20N4OS/c1-13-4-8-16(9-5-13)12-21-24-20-23-18(19(26-20)22-15(3)25)17-10-6-14(2)7-11-17/h4-12H,1-3H3,(H,22,25)(H,23,24)/b21-12+. The number of nitrogens with zero attached hydrogens (tertiary/aromatic N) is 2. The third-order valence-electron chi connectivity index (χ3n) is 3.69. The Labute approximate surface area is 156 Å². The largest absolute Gasteiger partial charge is 0.316 e. The molecular formula is C20H20N4OS. The number of amides is 1. The first-order chi connectivity index (χ1) is 12.5. The highest BCUT2D eigenvalue weighted by Crippen LogP contribution is 2.36. The molecule has 0 radical (unpaired) electrons. The number of anilines is 2. The topological polar surface area (TPSA) is 66.4 Å². The van der Waals surface area contributed by atoms with Crippen LogP contribution >= 0.6 is 11.3 Å². The third-order valence-corrected chi connectivity index (χ3v) is 4.57. The first-order valence-corrected chi connectivity index (χ1v) is 9.04. The van der Waals surface area contributed by atoms with Gasteiger partial charge in [-0.15, -0.1) is 0 Å². The van der Waals surface area contributed by atoms with Gasteiger partial charge in [0.15, 0.2) is 0 Å². The molecule has 0 atom stereocenters. The smallest absolute Gasteiger partial charge is 0.221 e. The SMILES string of the molecule is CC(=O)Nc1sc(N/N=C/c2ccc(C)cc2)nc1-c1ccc(C)cc1. The maximum absolute atomic E-state index is 11.5. The molecule has 1 amide bonds. The predicted molar refractivity (Wildman–Crippen MR) is 109 cm³/mol. The van der Waals surface area contributed by atoms with E-state index < -0.39 is 0 Å². The van der Waals surface area contributed by atoms with Crippen molar-refractivity contribution in [2.75, 3.05) is 10.7 Å². The van der Waals surface area contributed by atoms with Gasteiger partial charge in [-0.3, -0.25) is 10.2 Å². The van der Waals surface area contributed by atoms with Crippen LogP contribution < -0.4 is 10.7 Å². The summed E-state index contributed by atoms with van der Waals surface area (Å²) < 4.78 is 0. The molecule has 0 unspecified atom stereocenters. The summed E-state index contributed by atoms with van der Waals surface area (Å²) in [6.07, 6.45) is 1.74. The number of hydrogen-bond donors (Lipinski definition) is 2. The van der Waals surface area contributed by atoms with Gasteiger partial charge < -0.3 is 5.32 Å². The van der Waals surface area contributed by atoms with E-state index in [-0.39, 0.29) is 5.91 Å². The zero-order valence-corrected chi connectivity index (χ0v) is 15.7. The summed E-state index contributed by atoms with van der Waals surface area (Å²) in [4.78, 5) is 16.1. The lowest BCUT2D eigenvalue weighted by molar-refractivity contribution is -0.114. The minimum atomic E-state index is -0.128. The van der Waals surface area contributed by atoms with Crippen LogP contribution in [0.2, 0.25) is 0 Å². The second-order valence-corrected chi connectivity index (χ2v) is 7.02. The average Bonchev–Trinajstić information content (AvgIpc) is 2.99. The highest BCUT2D eigenvalue weighted by atomic mass is 32.1. The van der Waals surface area contributed by atoms with Crippen molar-refractivity contribution >= 4 is 33.6 Å². The summed E-state index contributed by atoms with van der Waals surface area (Å²) >= 11 is 1.36. The van der Waals surface area contributed by atoms with E-state index in [9.17, 15) is 4.79 Å². The Morgan fingerprint density at radius 1 is 1.04 bits per heavy atom. The van der Waals surface area contributed by atoms with E-state index in [2.05, 4.69) is 20.8 Å². The minimum absolute atomic E-state index is 0.128. The van der Waals surface area contributed by atoms with Gasteiger partial charge in [0, 0.05) is 12.5 Å². The van der Waals surface area contributed by atoms with Crippen molar-refractivity contribution in [3.63, 3.8) is 0 Å². The molecule has 2 N–H and O–H groups in total. The van der Waals surface area contributed by atoms with Crippen molar-refractivity contribution in [3.05, 3.63) is 65.2 Å². The van der Waals surface area contributed by atoms with Gasteiger partial charge in [0.05, 0.1) is 6.21 Å². The van der Waals surface area contributed by atoms with E-state index in [0.717, 1.165) is 16.8 Å². The second kappa shape index (κ2) is 7.93. The monoisotopic (exact) mass is 364 g/mol. The third kappa shape index (κ3) is 4.55. The van der Waals surface area contributed by atoms with E-state index in [1.54, 1.807) is 6.21 Å². The number of hydrogen-bond acceptors (Lipinski definition) is 5. The number of carbonyl (C=O) groups is 1. The van der Waals surface area contributed by atoms with Gasteiger partial charge in [0.25, 0.3) is 0 Å². The number of aromatic nitrogens is 1. The first kappa shape index (κ1) is 17.8. The Bertz CT molecular complexity index is 927. The zero-order valence-electron chi connectivity index (χ0n) is 14.9. The van der Waals surface area contributed by atoms with Crippen LogP contribution in [-0.4, -0.2) is 17.1 Å². The predicted octanol–water partition coefficient (Wildman–Crippen LogP) is 4.83. The van der Waals surface area contributed by atoms with Gasteiger partial charge in [0.1, 0.15) is 10.7 Å². The molecule has 3 aromatic rings. The number of thiazole rings is 1. The molecule has 5 nitrogen and oxygen atoms in total. The molecule has 0 fully saturated rings. The van der Waals surface area contributed by atoms with E-state index >= 15 is 0 Å². The van der Waals surface area contributed by atoms with E-state index in [1.165, 1.54) is 29.4 Å². The average molecular weight is 364 g/mol. The fraction of sp³-hybridized carbons (Fsp3) is 0.150. The molecule has 0 saturated carbocycles. The normalized spacial score (nSPS) is 10.9. The number of aryl methyl sites for hydroxylation is 2. The molecule has 3 rings (SSSR count). The van der Waals surface area contributed by atoms with Crippen molar-refractivity contribution in [2.24, 2.45) is 5.10 Å². The fourth-order valence-electron chi connectivity index (χ4n) is 2.33. The Hall–Kier alpha value is -2.99.